The smallest absolute Gasteiger partial charge is 0.269 e. The summed E-state index contributed by atoms with van der Waals surface area (Å²) in [7, 11) is -3.74. The molecule has 148 valence electrons. The van der Waals surface area contributed by atoms with Crippen molar-refractivity contribution in [1.82, 2.24) is 14.5 Å². The third kappa shape index (κ3) is 4.61. The summed E-state index contributed by atoms with van der Waals surface area (Å²) in [6.45, 7) is 2.89. The number of hydrogen-bond donors (Lipinski definition) is 1. The molecule has 1 N–H and O–H groups in total. The van der Waals surface area contributed by atoms with Crippen molar-refractivity contribution in [1.29, 1.82) is 0 Å². The number of piperazine rings is 1. The number of rotatable bonds is 5. The van der Waals surface area contributed by atoms with Gasteiger partial charge in [-0.2, -0.15) is 4.31 Å². The first-order valence-corrected chi connectivity index (χ1v) is 10.2. The molecule has 27 heavy (non-hydrogen) atoms. The summed E-state index contributed by atoms with van der Waals surface area (Å²) in [6, 6.07) is 4.81. The number of sulfonamides is 1. The summed E-state index contributed by atoms with van der Waals surface area (Å²) in [5.41, 5.74) is -0.162. The van der Waals surface area contributed by atoms with Crippen LogP contribution in [0.4, 0.5) is 5.69 Å². The number of nitrogens with zero attached hydrogens (tertiary/aromatic N) is 3. The average molecular weight is 398 g/mol. The van der Waals surface area contributed by atoms with E-state index in [9.17, 15) is 23.3 Å². The maximum atomic E-state index is 12.7. The standard InChI is InChI=1S/C16H22N4O6S/c21-16(11-13-12-26-10-5-17-13)18-6-8-19(9-7-18)27(24,25)15-3-1-14(2-4-15)20(22)23/h1-4,13,17H,5-12H2. The van der Waals surface area contributed by atoms with E-state index in [0.717, 1.165) is 6.54 Å². The van der Waals surface area contributed by atoms with Crippen molar-refractivity contribution in [2.45, 2.75) is 17.4 Å². The Labute approximate surface area is 157 Å². The fraction of sp³-hybridized carbons (Fsp3) is 0.562. The van der Waals surface area contributed by atoms with Crippen molar-refractivity contribution in [2.75, 3.05) is 45.9 Å². The monoisotopic (exact) mass is 398 g/mol. The summed E-state index contributed by atoms with van der Waals surface area (Å²) < 4.78 is 32.0. The molecule has 0 bridgehead atoms. The number of nitro groups is 1. The van der Waals surface area contributed by atoms with Crippen LogP contribution in [0.1, 0.15) is 6.42 Å². The topological polar surface area (TPSA) is 122 Å². The minimum Gasteiger partial charge on any atom is -0.378 e. The Morgan fingerprint density at radius 2 is 1.89 bits per heavy atom. The molecular weight excluding hydrogens is 376 g/mol. The summed E-state index contributed by atoms with van der Waals surface area (Å²) in [6.07, 6.45) is 0.328. The lowest BCUT2D eigenvalue weighted by molar-refractivity contribution is -0.384. The molecule has 2 fully saturated rings. The van der Waals surface area contributed by atoms with Gasteiger partial charge in [-0.25, -0.2) is 8.42 Å². The second-order valence-corrected chi connectivity index (χ2v) is 8.40. The van der Waals surface area contributed by atoms with Gasteiger partial charge in [0.25, 0.3) is 5.69 Å². The number of nitrogens with one attached hydrogen (secondary N) is 1. The molecule has 2 heterocycles. The van der Waals surface area contributed by atoms with E-state index in [2.05, 4.69) is 5.32 Å². The first-order valence-electron chi connectivity index (χ1n) is 8.71. The van der Waals surface area contributed by atoms with Gasteiger partial charge in [0, 0.05) is 57.3 Å². The first-order chi connectivity index (χ1) is 12.9. The van der Waals surface area contributed by atoms with Gasteiger partial charge in [-0.1, -0.05) is 0 Å². The van der Waals surface area contributed by atoms with Crippen LogP contribution in [0, 0.1) is 10.1 Å². The summed E-state index contributed by atoms with van der Waals surface area (Å²) >= 11 is 0. The maximum absolute atomic E-state index is 12.7. The molecule has 1 amide bonds. The van der Waals surface area contributed by atoms with Crippen LogP contribution in [-0.2, 0) is 19.6 Å². The highest BCUT2D eigenvalue weighted by Crippen LogP contribution is 2.21. The van der Waals surface area contributed by atoms with Gasteiger partial charge >= 0.3 is 0 Å². The lowest BCUT2D eigenvalue weighted by Crippen LogP contribution is -2.52. The van der Waals surface area contributed by atoms with E-state index in [4.69, 9.17) is 4.74 Å². The van der Waals surface area contributed by atoms with Crippen LogP contribution in [0.3, 0.4) is 0 Å². The van der Waals surface area contributed by atoms with Crippen LogP contribution in [0.2, 0.25) is 0 Å². The minimum atomic E-state index is -3.74. The van der Waals surface area contributed by atoms with Crippen molar-refractivity contribution in [3.8, 4) is 0 Å². The molecule has 1 atom stereocenters. The fourth-order valence-electron chi connectivity index (χ4n) is 3.16. The van der Waals surface area contributed by atoms with E-state index in [1.165, 1.54) is 28.6 Å². The van der Waals surface area contributed by atoms with E-state index in [-0.39, 0.29) is 35.6 Å². The predicted octanol–water partition coefficient (Wildman–Crippen LogP) is -0.194. The molecule has 0 radical (unpaired) electrons. The third-order valence-electron chi connectivity index (χ3n) is 4.70. The number of benzene rings is 1. The summed E-state index contributed by atoms with van der Waals surface area (Å²) in [4.78, 5) is 24.2. The van der Waals surface area contributed by atoms with Crippen LogP contribution in [0.25, 0.3) is 0 Å². The van der Waals surface area contributed by atoms with Gasteiger partial charge in [0.2, 0.25) is 15.9 Å². The van der Waals surface area contributed by atoms with Crippen LogP contribution in [0.5, 0.6) is 0 Å². The fourth-order valence-corrected chi connectivity index (χ4v) is 4.58. The quantitative estimate of drug-likeness (QED) is 0.539. The molecule has 0 saturated carbocycles. The Bertz CT molecular complexity index is 784. The lowest BCUT2D eigenvalue weighted by Gasteiger charge is -2.35. The molecule has 1 unspecified atom stereocenters. The highest BCUT2D eigenvalue weighted by Gasteiger charge is 2.31. The Hall–Kier alpha value is -2.08. The molecule has 2 saturated heterocycles. The normalized spacial score (nSPS) is 21.8. The largest absolute Gasteiger partial charge is 0.378 e. The first kappa shape index (κ1) is 19.7. The molecule has 2 aliphatic heterocycles. The van der Waals surface area contributed by atoms with Crippen molar-refractivity contribution < 1.29 is 22.9 Å². The van der Waals surface area contributed by atoms with E-state index >= 15 is 0 Å². The Morgan fingerprint density at radius 1 is 1.22 bits per heavy atom. The molecule has 1 aromatic carbocycles. The molecule has 10 nitrogen and oxygen atoms in total. The van der Waals surface area contributed by atoms with E-state index in [1.54, 1.807) is 4.90 Å². The van der Waals surface area contributed by atoms with Crippen molar-refractivity contribution in [2.24, 2.45) is 0 Å². The zero-order valence-electron chi connectivity index (χ0n) is 14.7. The second-order valence-electron chi connectivity index (χ2n) is 6.47. The number of nitro benzene ring substituents is 1. The highest BCUT2D eigenvalue weighted by molar-refractivity contribution is 7.89. The number of morpholine rings is 1. The number of carbonyl (C=O) groups is 1. The molecule has 0 spiro atoms. The third-order valence-corrected chi connectivity index (χ3v) is 6.61. The van der Waals surface area contributed by atoms with Gasteiger partial charge in [0.05, 0.1) is 23.0 Å². The van der Waals surface area contributed by atoms with E-state index in [0.29, 0.717) is 32.7 Å². The van der Waals surface area contributed by atoms with Crippen molar-refractivity contribution >= 4 is 21.6 Å². The number of amides is 1. The number of hydrogen-bond acceptors (Lipinski definition) is 7. The average Bonchev–Trinajstić information content (AvgIpc) is 2.69. The zero-order valence-corrected chi connectivity index (χ0v) is 15.6. The van der Waals surface area contributed by atoms with Crippen LogP contribution in [0.15, 0.2) is 29.2 Å². The number of non-ortho nitro benzene ring substituents is 1. The SMILES string of the molecule is O=C(CC1COCCN1)N1CCN(S(=O)(=O)c2ccc([N+](=O)[O-])cc2)CC1. The predicted molar refractivity (Wildman–Crippen MR) is 95.7 cm³/mol. The van der Waals surface area contributed by atoms with Gasteiger partial charge in [-0.05, 0) is 12.1 Å². The van der Waals surface area contributed by atoms with Gasteiger partial charge in [-0.15, -0.1) is 0 Å². The summed E-state index contributed by atoms with van der Waals surface area (Å²) in [5, 5.41) is 13.9. The van der Waals surface area contributed by atoms with E-state index < -0.39 is 14.9 Å². The number of ether oxygens (including phenoxy) is 1. The minimum absolute atomic E-state index is 0.00637. The van der Waals surface area contributed by atoms with Crippen molar-refractivity contribution in [3.63, 3.8) is 0 Å². The van der Waals surface area contributed by atoms with Crippen LogP contribution in [-0.4, -0.2) is 80.4 Å². The van der Waals surface area contributed by atoms with Crippen molar-refractivity contribution in [3.05, 3.63) is 34.4 Å². The van der Waals surface area contributed by atoms with Gasteiger partial charge in [0.15, 0.2) is 0 Å². The Morgan fingerprint density at radius 3 is 2.44 bits per heavy atom. The second kappa shape index (κ2) is 8.30. The molecular formula is C16H22N4O6S. The molecule has 1 aromatic rings. The molecule has 2 aliphatic rings. The van der Waals surface area contributed by atoms with Crippen LogP contribution >= 0.6 is 0 Å². The molecule has 3 rings (SSSR count). The molecule has 11 heteroatoms. The lowest BCUT2D eigenvalue weighted by atomic mass is 10.1. The Balaban J connectivity index is 1.57. The van der Waals surface area contributed by atoms with Crippen LogP contribution < -0.4 is 5.32 Å². The van der Waals surface area contributed by atoms with E-state index in [1.807, 2.05) is 0 Å². The molecule has 0 aliphatic carbocycles. The molecule has 0 aromatic heterocycles. The number of carbonyl (C=O) groups excluding carboxylic acids is 1. The van der Waals surface area contributed by atoms with Gasteiger partial charge < -0.3 is 15.0 Å². The summed E-state index contributed by atoms with van der Waals surface area (Å²) in [5.74, 6) is -0.0228. The highest BCUT2D eigenvalue weighted by atomic mass is 32.2. The maximum Gasteiger partial charge on any atom is 0.269 e. The van der Waals surface area contributed by atoms with Gasteiger partial charge in [0.1, 0.15) is 0 Å². The Kier molecular flexibility index (Phi) is 6.05. The zero-order chi connectivity index (χ0) is 19.4. The van der Waals surface area contributed by atoms with Gasteiger partial charge in [-0.3, -0.25) is 14.9 Å².